The molecule has 6 heteroatoms. The number of aryl methyl sites for hydroxylation is 2. The van der Waals surface area contributed by atoms with Crippen molar-refractivity contribution >= 4 is 27.3 Å². The zero-order valence-electron chi connectivity index (χ0n) is 11.9. The highest BCUT2D eigenvalue weighted by molar-refractivity contribution is 7.92. The van der Waals surface area contributed by atoms with Gasteiger partial charge < -0.3 is 0 Å². The molecule has 112 valence electrons. The molecule has 1 N–H and O–H groups in total. The summed E-state index contributed by atoms with van der Waals surface area (Å²) in [6.07, 6.45) is 3.37. The molecule has 0 aliphatic carbocycles. The van der Waals surface area contributed by atoms with Gasteiger partial charge in [-0.25, -0.2) is 13.4 Å². The molecule has 0 saturated carbocycles. The highest BCUT2D eigenvalue weighted by Gasteiger charge is 2.14. The van der Waals surface area contributed by atoms with Crippen LogP contribution in [0.4, 0.5) is 5.69 Å². The van der Waals surface area contributed by atoms with E-state index in [9.17, 15) is 8.42 Å². The summed E-state index contributed by atoms with van der Waals surface area (Å²) < 4.78 is 27.1. The van der Waals surface area contributed by atoms with Crippen molar-refractivity contribution in [3.8, 4) is 0 Å². The molecule has 0 atom stereocenters. The van der Waals surface area contributed by atoms with Gasteiger partial charge in [-0.2, -0.15) is 0 Å². The van der Waals surface area contributed by atoms with Gasteiger partial charge in [0.1, 0.15) is 5.15 Å². The topological polar surface area (TPSA) is 59.1 Å². The number of rotatable bonds is 5. The molecule has 0 bridgehead atoms. The maximum Gasteiger partial charge on any atom is 0.261 e. The maximum atomic E-state index is 12.3. The molecule has 0 fully saturated rings. The van der Waals surface area contributed by atoms with Crippen LogP contribution in [0.3, 0.4) is 0 Å². The van der Waals surface area contributed by atoms with E-state index in [0.29, 0.717) is 10.8 Å². The van der Waals surface area contributed by atoms with Crippen molar-refractivity contribution in [2.24, 2.45) is 0 Å². The second kappa shape index (κ2) is 6.45. The monoisotopic (exact) mass is 324 g/mol. The van der Waals surface area contributed by atoms with Crippen LogP contribution in [0.15, 0.2) is 41.4 Å². The second-order valence-electron chi connectivity index (χ2n) is 4.83. The summed E-state index contributed by atoms with van der Waals surface area (Å²) in [6.45, 7) is 3.86. The molecule has 0 aliphatic heterocycles. The van der Waals surface area contributed by atoms with Crippen LogP contribution in [0.2, 0.25) is 5.15 Å². The first-order valence-electron chi connectivity index (χ1n) is 6.66. The molecule has 2 rings (SSSR count). The van der Waals surface area contributed by atoms with Crippen LogP contribution >= 0.6 is 11.6 Å². The van der Waals surface area contributed by atoms with Crippen LogP contribution in [-0.2, 0) is 16.4 Å². The van der Waals surface area contributed by atoms with E-state index in [1.54, 1.807) is 25.1 Å². The number of hydrogen-bond donors (Lipinski definition) is 1. The molecule has 4 nitrogen and oxygen atoms in total. The third-order valence-electron chi connectivity index (χ3n) is 3.04. The van der Waals surface area contributed by atoms with Gasteiger partial charge in [0.25, 0.3) is 10.0 Å². The number of benzene rings is 1. The fourth-order valence-electron chi connectivity index (χ4n) is 1.95. The lowest BCUT2D eigenvalue weighted by atomic mass is 10.1. The first-order chi connectivity index (χ1) is 9.92. The summed E-state index contributed by atoms with van der Waals surface area (Å²) in [5, 5.41) is 0.363. The van der Waals surface area contributed by atoms with Gasteiger partial charge in [0.15, 0.2) is 0 Å². The van der Waals surface area contributed by atoms with E-state index in [2.05, 4.69) is 16.6 Å². The Hall–Kier alpha value is -1.59. The fraction of sp³-hybridized carbons (Fsp3) is 0.267. The summed E-state index contributed by atoms with van der Waals surface area (Å²) >= 11 is 5.83. The number of pyridine rings is 1. The lowest BCUT2D eigenvalue weighted by Gasteiger charge is -2.09. The van der Waals surface area contributed by atoms with E-state index in [1.807, 2.05) is 12.1 Å². The Morgan fingerprint density at radius 3 is 2.48 bits per heavy atom. The maximum absolute atomic E-state index is 12.3. The number of nitrogens with zero attached hydrogens (tertiary/aromatic N) is 1. The van der Waals surface area contributed by atoms with Gasteiger partial charge in [0.2, 0.25) is 0 Å². The van der Waals surface area contributed by atoms with Crippen molar-refractivity contribution in [2.45, 2.75) is 31.6 Å². The summed E-state index contributed by atoms with van der Waals surface area (Å²) in [5.74, 6) is 0. The summed E-state index contributed by atoms with van der Waals surface area (Å²) in [4.78, 5) is 4.16. The van der Waals surface area contributed by atoms with Crippen LogP contribution in [0.25, 0.3) is 0 Å². The first kappa shape index (κ1) is 15.8. The predicted molar refractivity (Wildman–Crippen MR) is 85.2 cm³/mol. The van der Waals surface area contributed by atoms with E-state index in [1.165, 1.54) is 6.20 Å². The van der Waals surface area contributed by atoms with Gasteiger partial charge in [0.05, 0.1) is 16.8 Å². The van der Waals surface area contributed by atoms with Crippen LogP contribution in [0.5, 0.6) is 0 Å². The number of anilines is 1. The first-order valence-corrected chi connectivity index (χ1v) is 8.52. The highest BCUT2D eigenvalue weighted by atomic mass is 35.5. The standard InChI is InChI=1S/C15H17ClN2O2S/c1-3-4-12-5-7-14(8-6-12)21(19,20)18-13-9-11(2)15(16)17-10-13/h5-10,18H,3-4H2,1-2H3. The Morgan fingerprint density at radius 2 is 1.90 bits per heavy atom. The largest absolute Gasteiger partial charge is 0.278 e. The van der Waals surface area contributed by atoms with Crippen LogP contribution < -0.4 is 4.72 Å². The Bertz CT molecular complexity index is 728. The zero-order chi connectivity index (χ0) is 15.5. The molecule has 1 aromatic heterocycles. The SMILES string of the molecule is CCCc1ccc(S(=O)(=O)Nc2cnc(Cl)c(C)c2)cc1. The highest BCUT2D eigenvalue weighted by Crippen LogP contribution is 2.20. The van der Waals surface area contributed by atoms with Gasteiger partial charge >= 0.3 is 0 Å². The third-order valence-corrected chi connectivity index (χ3v) is 4.83. The molecule has 0 spiro atoms. The number of halogens is 1. The number of aromatic nitrogens is 1. The minimum atomic E-state index is -3.61. The number of hydrogen-bond acceptors (Lipinski definition) is 3. The molecule has 1 aromatic carbocycles. The number of nitrogens with one attached hydrogen (secondary N) is 1. The zero-order valence-corrected chi connectivity index (χ0v) is 13.5. The van der Waals surface area contributed by atoms with Gasteiger partial charge in [-0.1, -0.05) is 37.1 Å². The van der Waals surface area contributed by atoms with E-state index in [-0.39, 0.29) is 4.90 Å². The Kier molecular flexibility index (Phi) is 4.85. The smallest absolute Gasteiger partial charge is 0.261 e. The molecule has 0 amide bonds. The summed E-state index contributed by atoms with van der Waals surface area (Å²) in [7, 11) is -3.61. The van der Waals surface area contributed by atoms with E-state index in [0.717, 1.165) is 24.0 Å². The van der Waals surface area contributed by atoms with Gasteiger partial charge in [-0.3, -0.25) is 4.72 Å². The minimum Gasteiger partial charge on any atom is -0.278 e. The van der Waals surface area contributed by atoms with E-state index in [4.69, 9.17) is 11.6 Å². The molecule has 0 radical (unpaired) electrons. The summed E-state index contributed by atoms with van der Waals surface area (Å²) in [6, 6.07) is 8.55. The lowest BCUT2D eigenvalue weighted by molar-refractivity contribution is 0.601. The van der Waals surface area contributed by atoms with Crippen LogP contribution in [0, 0.1) is 6.92 Å². The summed E-state index contributed by atoms with van der Waals surface area (Å²) in [5.41, 5.74) is 2.24. The average molecular weight is 325 g/mol. The van der Waals surface area contributed by atoms with Crippen molar-refractivity contribution in [1.82, 2.24) is 4.98 Å². The van der Waals surface area contributed by atoms with Crippen molar-refractivity contribution < 1.29 is 8.42 Å². The normalized spacial score (nSPS) is 11.4. The number of sulfonamides is 1. The van der Waals surface area contributed by atoms with Crippen molar-refractivity contribution in [3.05, 3.63) is 52.8 Å². The Balaban J connectivity index is 2.23. The quantitative estimate of drug-likeness (QED) is 0.851. The fourth-order valence-corrected chi connectivity index (χ4v) is 3.09. The molecule has 2 aromatic rings. The lowest BCUT2D eigenvalue weighted by Crippen LogP contribution is -2.13. The predicted octanol–water partition coefficient (Wildman–Crippen LogP) is 3.80. The molecule has 0 unspecified atom stereocenters. The van der Waals surface area contributed by atoms with Gasteiger partial charge in [0, 0.05) is 0 Å². The Morgan fingerprint density at radius 1 is 1.24 bits per heavy atom. The van der Waals surface area contributed by atoms with Crippen LogP contribution in [-0.4, -0.2) is 13.4 Å². The van der Waals surface area contributed by atoms with Gasteiger partial charge in [-0.15, -0.1) is 0 Å². The van der Waals surface area contributed by atoms with Gasteiger partial charge in [-0.05, 0) is 42.7 Å². The molecular weight excluding hydrogens is 308 g/mol. The third kappa shape index (κ3) is 3.95. The molecule has 21 heavy (non-hydrogen) atoms. The molecule has 1 heterocycles. The van der Waals surface area contributed by atoms with E-state index < -0.39 is 10.0 Å². The van der Waals surface area contributed by atoms with E-state index >= 15 is 0 Å². The van der Waals surface area contributed by atoms with Crippen molar-refractivity contribution in [3.63, 3.8) is 0 Å². The molecular formula is C15H17ClN2O2S. The average Bonchev–Trinajstić information content (AvgIpc) is 2.44. The Labute approximate surface area is 130 Å². The van der Waals surface area contributed by atoms with Crippen molar-refractivity contribution in [2.75, 3.05) is 4.72 Å². The van der Waals surface area contributed by atoms with Crippen LogP contribution in [0.1, 0.15) is 24.5 Å². The van der Waals surface area contributed by atoms with Crippen molar-refractivity contribution in [1.29, 1.82) is 0 Å². The minimum absolute atomic E-state index is 0.231. The molecule has 0 aliphatic rings. The molecule has 0 saturated heterocycles. The second-order valence-corrected chi connectivity index (χ2v) is 6.87.